The van der Waals surface area contributed by atoms with Crippen LogP contribution in [0.2, 0.25) is 0 Å². The van der Waals surface area contributed by atoms with E-state index in [4.69, 9.17) is 9.47 Å². The summed E-state index contributed by atoms with van der Waals surface area (Å²) < 4.78 is 11.9. The van der Waals surface area contributed by atoms with Crippen molar-refractivity contribution in [3.63, 3.8) is 0 Å². The van der Waals surface area contributed by atoms with Gasteiger partial charge in [-0.2, -0.15) is 0 Å². The van der Waals surface area contributed by atoms with Gasteiger partial charge in [0, 0.05) is 0 Å². The highest BCUT2D eigenvalue weighted by atomic mass is 16.5. The van der Waals surface area contributed by atoms with Crippen molar-refractivity contribution in [2.45, 2.75) is 20.8 Å². The lowest BCUT2D eigenvalue weighted by Crippen LogP contribution is -2.37. The molecule has 0 aliphatic carbocycles. The number of ether oxygens (including phenoxy) is 2. The maximum absolute atomic E-state index is 5.50. The topological polar surface area (TPSA) is 18.5 Å². The predicted octanol–water partition coefficient (Wildman–Crippen LogP) is 1.77. The summed E-state index contributed by atoms with van der Waals surface area (Å²) >= 11 is 0. The maximum Gasteiger partial charge on any atom is 0.102 e. The molecule has 0 spiro atoms. The summed E-state index contributed by atoms with van der Waals surface area (Å²) in [5.74, 6) is 0. The Morgan fingerprint density at radius 1 is 0.867 bits per heavy atom. The average Bonchev–Trinajstić information content (AvgIpc) is 1.98. The molecule has 3 heteroatoms. The minimum atomic E-state index is 0.252. The molecule has 0 N–H and O–H groups in total. The van der Waals surface area contributed by atoms with E-state index in [0.29, 0.717) is 13.2 Å². The van der Waals surface area contributed by atoms with Crippen LogP contribution >= 0.6 is 0 Å². The molecule has 0 bridgehead atoms. The van der Waals surface area contributed by atoms with Gasteiger partial charge >= 0.3 is 0 Å². The Bertz CT molecular complexity index is 138. The van der Waals surface area contributed by atoms with E-state index in [1.165, 1.54) is 0 Å². The molecule has 0 aromatic carbocycles. The second-order valence-corrected chi connectivity index (χ2v) is 6.24. The molecule has 0 rings (SSSR count). The van der Waals surface area contributed by atoms with Gasteiger partial charge in [0.05, 0.1) is 47.6 Å². The number of likely N-dealkylation sites (N-methyl/N-ethyl adjacent to an activating group) is 1. The summed E-state index contributed by atoms with van der Waals surface area (Å²) in [4.78, 5) is 0. The number of hydrogen-bond acceptors (Lipinski definition) is 2. The largest absolute Gasteiger partial charge is 0.379 e. The third-order valence-corrected chi connectivity index (χ3v) is 1.81. The number of quaternary nitrogens is 1. The summed E-state index contributed by atoms with van der Waals surface area (Å²) in [5, 5.41) is 0. The van der Waals surface area contributed by atoms with E-state index in [1.54, 1.807) is 0 Å². The Morgan fingerprint density at radius 3 is 1.87 bits per heavy atom. The molecule has 0 aliphatic heterocycles. The molecule has 0 aliphatic rings. The molecule has 15 heavy (non-hydrogen) atoms. The van der Waals surface area contributed by atoms with E-state index in [2.05, 4.69) is 41.9 Å². The molecule has 0 atom stereocenters. The van der Waals surface area contributed by atoms with Gasteiger partial charge in [-0.25, -0.2) is 0 Å². The zero-order valence-electron chi connectivity index (χ0n) is 11.3. The maximum atomic E-state index is 5.50. The Hall–Kier alpha value is -0.120. The van der Waals surface area contributed by atoms with Crippen LogP contribution in [0.25, 0.3) is 0 Å². The predicted molar refractivity (Wildman–Crippen MR) is 64.0 cm³/mol. The summed E-state index contributed by atoms with van der Waals surface area (Å²) in [5.41, 5.74) is 0.252. The van der Waals surface area contributed by atoms with Crippen molar-refractivity contribution in [2.75, 3.05) is 54.1 Å². The second kappa shape index (κ2) is 6.46. The Balaban J connectivity index is 3.20. The van der Waals surface area contributed by atoms with Crippen molar-refractivity contribution < 1.29 is 14.0 Å². The van der Waals surface area contributed by atoms with Crippen molar-refractivity contribution in [3.8, 4) is 0 Å². The fourth-order valence-electron chi connectivity index (χ4n) is 0.937. The first-order valence-corrected chi connectivity index (χ1v) is 5.67. The molecular weight excluding hydrogens is 190 g/mol. The fourth-order valence-corrected chi connectivity index (χ4v) is 0.937. The summed E-state index contributed by atoms with van der Waals surface area (Å²) in [6.45, 7) is 10.6. The Kier molecular flexibility index (Phi) is 6.41. The highest BCUT2D eigenvalue weighted by Gasteiger charge is 2.09. The minimum absolute atomic E-state index is 0.252. The van der Waals surface area contributed by atoms with E-state index >= 15 is 0 Å². The third kappa shape index (κ3) is 13.9. The monoisotopic (exact) mass is 218 g/mol. The van der Waals surface area contributed by atoms with Gasteiger partial charge in [-0.15, -0.1) is 0 Å². The number of rotatable bonds is 7. The molecule has 0 radical (unpaired) electrons. The van der Waals surface area contributed by atoms with E-state index in [1.807, 2.05) is 0 Å². The molecule has 0 aromatic rings. The van der Waals surface area contributed by atoms with Gasteiger partial charge in [0.25, 0.3) is 0 Å². The van der Waals surface area contributed by atoms with Gasteiger partial charge in [0.2, 0.25) is 0 Å². The smallest absolute Gasteiger partial charge is 0.102 e. The summed E-state index contributed by atoms with van der Waals surface area (Å²) in [6, 6.07) is 0. The second-order valence-electron chi connectivity index (χ2n) is 6.24. The van der Waals surface area contributed by atoms with Crippen molar-refractivity contribution in [1.82, 2.24) is 0 Å². The number of hydrogen-bond donors (Lipinski definition) is 0. The van der Waals surface area contributed by atoms with Crippen molar-refractivity contribution in [3.05, 3.63) is 0 Å². The Morgan fingerprint density at radius 2 is 1.40 bits per heavy atom. The highest BCUT2D eigenvalue weighted by Crippen LogP contribution is 2.12. The standard InChI is InChI=1S/C12H28NO2/c1-12(2,3)11-15-10-9-14-8-7-13(4,5)6/h7-11H2,1-6H3/q+1. The first-order chi connectivity index (χ1) is 6.71. The van der Waals surface area contributed by atoms with Crippen LogP contribution < -0.4 is 0 Å². The molecule has 3 nitrogen and oxygen atoms in total. The quantitative estimate of drug-likeness (QED) is 0.479. The normalized spacial score (nSPS) is 13.2. The first kappa shape index (κ1) is 14.9. The third-order valence-electron chi connectivity index (χ3n) is 1.81. The highest BCUT2D eigenvalue weighted by molar-refractivity contribution is 4.58. The number of nitrogens with zero attached hydrogens (tertiary/aromatic N) is 1. The van der Waals surface area contributed by atoms with Crippen LogP contribution in [0.4, 0.5) is 0 Å². The van der Waals surface area contributed by atoms with Crippen LogP contribution in [-0.4, -0.2) is 58.6 Å². The molecule has 0 amide bonds. The van der Waals surface area contributed by atoms with Gasteiger partial charge in [-0.1, -0.05) is 20.8 Å². The van der Waals surface area contributed by atoms with E-state index in [9.17, 15) is 0 Å². The SMILES string of the molecule is CC(C)(C)COCCOCC[N+](C)(C)C. The van der Waals surface area contributed by atoms with E-state index in [-0.39, 0.29) is 5.41 Å². The molecule has 0 aromatic heterocycles. The summed E-state index contributed by atoms with van der Waals surface area (Å²) in [7, 11) is 6.50. The molecular formula is C12H28NO2+. The van der Waals surface area contributed by atoms with Crippen LogP contribution in [0.3, 0.4) is 0 Å². The van der Waals surface area contributed by atoms with E-state index in [0.717, 1.165) is 24.2 Å². The first-order valence-electron chi connectivity index (χ1n) is 5.67. The van der Waals surface area contributed by atoms with Crippen molar-refractivity contribution >= 4 is 0 Å². The van der Waals surface area contributed by atoms with Crippen molar-refractivity contribution in [1.29, 1.82) is 0 Å². The average molecular weight is 218 g/mol. The zero-order valence-corrected chi connectivity index (χ0v) is 11.3. The van der Waals surface area contributed by atoms with Gasteiger partial charge in [0.1, 0.15) is 6.54 Å². The molecule has 0 unspecified atom stereocenters. The molecule has 0 fully saturated rings. The van der Waals surface area contributed by atoms with E-state index < -0.39 is 0 Å². The van der Waals surface area contributed by atoms with Crippen LogP contribution in [0.1, 0.15) is 20.8 Å². The molecule has 92 valence electrons. The van der Waals surface area contributed by atoms with Gasteiger partial charge in [0.15, 0.2) is 0 Å². The lowest BCUT2D eigenvalue weighted by molar-refractivity contribution is -0.870. The van der Waals surface area contributed by atoms with Crippen LogP contribution in [0, 0.1) is 5.41 Å². The molecule has 0 heterocycles. The lowest BCUT2D eigenvalue weighted by Gasteiger charge is -2.23. The lowest BCUT2D eigenvalue weighted by atomic mass is 9.99. The van der Waals surface area contributed by atoms with Gasteiger partial charge in [-0.3, -0.25) is 0 Å². The van der Waals surface area contributed by atoms with Crippen LogP contribution in [0.15, 0.2) is 0 Å². The van der Waals surface area contributed by atoms with Crippen LogP contribution in [-0.2, 0) is 9.47 Å². The van der Waals surface area contributed by atoms with Crippen molar-refractivity contribution in [2.24, 2.45) is 5.41 Å². The molecule has 0 saturated heterocycles. The fraction of sp³-hybridized carbons (Fsp3) is 1.00. The summed E-state index contributed by atoms with van der Waals surface area (Å²) in [6.07, 6.45) is 0. The Labute approximate surface area is 95.0 Å². The van der Waals surface area contributed by atoms with Gasteiger partial charge in [-0.05, 0) is 5.41 Å². The minimum Gasteiger partial charge on any atom is -0.379 e. The molecule has 0 saturated carbocycles. The van der Waals surface area contributed by atoms with Crippen LogP contribution in [0.5, 0.6) is 0 Å². The van der Waals surface area contributed by atoms with Gasteiger partial charge < -0.3 is 14.0 Å². The zero-order chi connectivity index (χ0) is 11.9.